The van der Waals surface area contributed by atoms with E-state index in [1.54, 1.807) is 0 Å². The summed E-state index contributed by atoms with van der Waals surface area (Å²) in [7, 11) is 0. The highest BCUT2D eigenvalue weighted by molar-refractivity contribution is 5.60. The Morgan fingerprint density at radius 1 is 1.24 bits per heavy atom. The highest BCUT2D eigenvalue weighted by Gasteiger charge is 2.14. The Kier molecular flexibility index (Phi) is 3.26. The maximum Gasteiger partial charge on any atom is 0.281 e. The molecule has 108 valence electrons. The standard InChI is InChI=1S/C14H15N5O2/c1-9-3-4-11(7-10(9)2)12-13(21)18(5-6-20)14-16-15-8-19(14)17-12/h3-4,7-8,20H,5-6H2,1-2H3. The molecule has 0 aliphatic heterocycles. The van der Waals surface area contributed by atoms with Crippen LogP contribution in [0.1, 0.15) is 11.1 Å². The van der Waals surface area contributed by atoms with Crippen molar-refractivity contribution in [1.29, 1.82) is 0 Å². The van der Waals surface area contributed by atoms with Crippen molar-refractivity contribution in [2.75, 3.05) is 6.61 Å². The first-order valence-electron chi connectivity index (χ1n) is 6.61. The van der Waals surface area contributed by atoms with Gasteiger partial charge in [-0.15, -0.1) is 10.2 Å². The summed E-state index contributed by atoms with van der Waals surface area (Å²) in [6.45, 7) is 4.00. The summed E-state index contributed by atoms with van der Waals surface area (Å²) in [4.78, 5) is 12.6. The second-order valence-electron chi connectivity index (χ2n) is 4.90. The van der Waals surface area contributed by atoms with E-state index in [1.807, 2.05) is 32.0 Å². The van der Waals surface area contributed by atoms with Crippen molar-refractivity contribution >= 4 is 5.78 Å². The third-order valence-corrected chi connectivity index (χ3v) is 3.51. The van der Waals surface area contributed by atoms with Gasteiger partial charge >= 0.3 is 0 Å². The Balaban J connectivity index is 2.29. The first kappa shape index (κ1) is 13.4. The van der Waals surface area contributed by atoms with Gasteiger partial charge in [0.2, 0.25) is 0 Å². The van der Waals surface area contributed by atoms with Crippen LogP contribution in [0.15, 0.2) is 29.3 Å². The lowest BCUT2D eigenvalue weighted by molar-refractivity contribution is 0.275. The van der Waals surface area contributed by atoms with Gasteiger partial charge in [-0.05, 0) is 31.0 Å². The molecule has 2 aromatic heterocycles. The minimum absolute atomic E-state index is 0.154. The van der Waals surface area contributed by atoms with E-state index >= 15 is 0 Å². The van der Waals surface area contributed by atoms with Gasteiger partial charge in [0, 0.05) is 5.56 Å². The minimum Gasteiger partial charge on any atom is -0.395 e. The van der Waals surface area contributed by atoms with Crippen molar-refractivity contribution in [3.05, 3.63) is 46.0 Å². The molecule has 0 fully saturated rings. The first-order chi connectivity index (χ1) is 10.1. The number of nitrogens with zero attached hydrogens (tertiary/aromatic N) is 5. The van der Waals surface area contributed by atoms with Crippen molar-refractivity contribution in [2.24, 2.45) is 0 Å². The summed E-state index contributed by atoms with van der Waals surface area (Å²) >= 11 is 0. The molecule has 0 saturated heterocycles. The fourth-order valence-electron chi connectivity index (χ4n) is 2.21. The van der Waals surface area contributed by atoms with Crippen molar-refractivity contribution in [1.82, 2.24) is 24.4 Å². The van der Waals surface area contributed by atoms with Gasteiger partial charge in [-0.2, -0.15) is 9.61 Å². The smallest absolute Gasteiger partial charge is 0.281 e. The number of aromatic nitrogens is 5. The zero-order chi connectivity index (χ0) is 15.0. The monoisotopic (exact) mass is 285 g/mol. The molecule has 0 aliphatic rings. The number of aliphatic hydroxyl groups is 1. The van der Waals surface area contributed by atoms with Crippen LogP contribution in [0, 0.1) is 13.8 Å². The van der Waals surface area contributed by atoms with Crippen LogP contribution >= 0.6 is 0 Å². The van der Waals surface area contributed by atoms with E-state index in [9.17, 15) is 4.79 Å². The Morgan fingerprint density at radius 2 is 2.05 bits per heavy atom. The van der Waals surface area contributed by atoms with Crippen LogP contribution in [-0.2, 0) is 6.54 Å². The number of rotatable bonds is 3. The fourth-order valence-corrected chi connectivity index (χ4v) is 2.21. The number of hydrogen-bond donors (Lipinski definition) is 1. The molecule has 3 aromatic rings. The number of fused-ring (bicyclic) bond motifs is 1. The van der Waals surface area contributed by atoms with Crippen LogP contribution < -0.4 is 5.56 Å². The minimum atomic E-state index is -0.284. The molecule has 21 heavy (non-hydrogen) atoms. The summed E-state index contributed by atoms with van der Waals surface area (Å²) in [6, 6.07) is 5.75. The van der Waals surface area contributed by atoms with E-state index in [4.69, 9.17) is 5.11 Å². The number of aryl methyl sites for hydroxylation is 2. The lowest BCUT2D eigenvalue weighted by atomic mass is 10.0. The Labute approximate surface area is 120 Å². The van der Waals surface area contributed by atoms with Crippen molar-refractivity contribution in [3.63, 3.8) is 0 Å². The number of benzene rings is 1. The summed E-state index contributed by atoms with van der Waals surface area (Å²) in [5.74, 6) is 0.321. The predicted molar refractivity (Wildman–Crippen MR) is 77.0 cm³/mol. The number of hydrogen-bond acceptors (Lipinski definition) is 5. The molecule has 7 nitrogen and oxygen atoms in total. The van der Waals surface area contributed by atoms with Crippen molar-refractivity contribution < 1.29 is 5.11 Å². The molecule has 0 saturated carbocycles. The van der Waals surface area contributed by atoms with Gasteiger partial charge in [0.15, 0.2) is 5.69 Å². The Hall–Kier alpha value is -2.54. The van der Waals surface area contributed by atoms with E-state index < -0.39 is 0 Å². The van der Waals surface area contributed by atoms with Crippen molar-refractivity contribution in [3.8, 4) is 11.3 Å². The molecule has 0 bridgehead atoms. The molecule has 0 amide bonds. The molecule has 3 rings (SSSR count). The van der Waals surface area contributed by atoms with E-state index in [0.29, 0.717) is 11.5 Å². The largest absolute Gasteiger partial charge is 0.395 e. The zero-order valence-corrected chi connectivity index (χ0v) is 11.8. The molecule has 1 aromatic carbocycles. The molecule has 0 atom stereocenters. The topological polar surface area (TPSA) is 85.3 Å². The normalized spacial score (nSPS) is 11.2. The van der Waals surface area contributed by atoms with Gasteiger partial charge in [-0.25, -0.2) is 0 Å². The van der Waals surface area contributed by atoms with Crippen LogP contribution in [-0.4, -0.2) is 36.1 Å². The summed E-state index contributed by atoms with van der Waals surface area (Å²) in [5, 5.41) is 21.1. The maximum atomic E-state index is 12.6. The van der Waals surface area contributed by atoms with E-state index in [1.165, 1.54) is 15.4 Å². The molecular formula is C14H15N5O2. The Morgan fingerprint density at radius 3 is 2.76 bits per heavy atom. The zero-order valence-electron chi connectivity index (χ0n) is 11.8. The predicted octanol–water partition coefficient (Wildman–Crippen LogP) is 0.562. The first-order valence-corrected chi connectivity index (χ1v) is 6.61. The second-order valence-corrected chi connectivity index (χ2v) is 4.90. The van der Waals surface area contributed by atoms with Crippen LogP contribution in [0.2, 0.25) is 0 Å². The average molecular weight is 285 g/mol. The molecule has 7 heteroatoms. The molecule has 2 heterocycles. The van der Waals surface area contributed by atoms with Gasteiger partial charge in [0.05, 0.1) is 13.2 Å². The summed E-state index contributed by atoms with van der Waals surface area (Å²) < 4.78 is 2.83. The molecule has 0 radical (unpaired) electrons. The highest BCUT2D eigenvalue weighted by Crippen LogP contribution is 2.17. The van der Waals surface area contributed by atoms with Gasteiger partial charge in [-0.1, -0.05) is 12.1 Å². The molecule has 0 aliphatic carbocycles. The Bertz CT molecular complexity index is 865. The summed E-state index contributed by atoms with van der Waals surface area (Å²) in [6.07, 6.45) is 1.44. The number of aliphatic hydroxyl groups excluding tert-OH is 1. The fraction of sp³-hybridized carbons (Fsp3) is 0.286. The molecule has 0 spiro atoms. The lowest BCUT2D eigenvalue weighted by Gasteiger charge is -2.09. The third-order valence-electron chi connectivity index (χ3n) is 3.51. The van der Waals surface area contributed by atoms with Crippen LogP contribution in [0.5, 0.6) is 0 Å². The van der Waals surface area contributed by atoms with Crippen LogP contribution in [0.3, 0.4) is 0 Å². The van der Waals surface area contributed by atoms with Crippen LogP contribution in [0.25, 0.3) is 17.0 Å². The van der Waals surface area contributed by atoms with E-state index in [0.717, 1.165) is 16.7 Å². The van der Waals surface area contributed by atoms with Gasteiger partial charge in [0.1, 0.15) is 6.33 Å². The molecule has 1 N–H and O–H groups in total. The van der Waals surface area contributed by atoms with Gasteiger partial charge in [0.25, 0.3) is 11.3 Å². The quantitative estimate of drug-likeness (QED) is 0.760. The second kappa shape index (κ2) is 5.10. The average Bonchev–Trinajstić information content (AvgIpc) is 2.93. The highest BCUT2D eigenvalue weighted by atomic mass is 16.3. The summed E-state index contributed by atoms with van der Waals surface area (Å²) in [5.41, 5.74) is 3.02. The van der Waals surface area contributed by atoms with E-state index in [-0.39, 0.29) is 18.7 Å². The maximum absolute atomic E-state index is 12.6. The van der Waals surface area contributed by atoms with Gasteiger partial charge in [-0.3, -0.25) is 9.36 Å². The third kappa shape index (κ3) is 2.21. The van der Waals surface area contributed by atoms with Crippen molar-refractivity contribution in [2.45, 2.75) is 20.4 Å². The van der Waals surface area contributed by atoms with E-state index in [2.05, 4.69) is 15.3 Å². The van der Waals surface area contributed by atoms with Gasteiger partial charge < -0.3 is 5.11 Å². The lowest BCUT2D eigenvalue weighted by Crippen LogP contribution is -2.27. The molecular weight excluding hydrogens is 270 g/mol. The SMILES string of the molecule is Cc1ccc(-c2nn3cnnc3n(CCO)c2=O)cc1C. The van der Waals surface area contributed by atoms with Crippen LogP contribution in [0.4, 0.5) is 0 Å². The molecule has 0 unspecified atom stereocenters.